The highest BCUT2D eigenvalue weighted by Crippen LogP contribution is 2.02. The minimum atomic E-state index is -3.51. The second-order valence-electron chi connectivity index (χ2n) is 2.73. The van der Waals surface area contributed by atoms with Crippen LogP contribution in [0.2, 0.25) is 0 Å². The lowest BCUT2D eigenvalue weighted by molar-refractivity contribution is 0.560. The number of sulfonamides is 1. The Kier molecular flexibility index (Phi) is 4.08. The largest absolute Gasteiger partial charge is 0.227 e. The highest BCUT2D eigenvalue weighted by atomic mass is 32.2. The molecule has 0 aliphatic rings. The summed E-state index contributed by atoms with van der Waals surface area (Å²) < 4.78 is 45.6. The van der Waals surface area contributed by atoms with Crippen LogP contribution in [0.3, 0.4) is 0 Å². The lowest BCUT2D eigenvalue weighted by atomic mass is 10.4. The minimum Gasteiger partial charge on any atom is -0.227 e. The van der Waals surface area contributed by atoms with Gasteiger partial charge in [-0.25, -0.2) is 16.8 Å². The fourth-order valence-corrected chi connectivity index (χ4v) is 2.98. The fourth-order valence-electron chi connectivity index (χ4n) is 0.700. The Labute approximate surface area is 78.8 Å². The molecule has 1 N–H and O–H groups in total. The number of hydrogen-bond donors (Lipinski definition) is 1. The van der Waals surface area contributed by atoms with Crippen LogP contribution in [0.15, 0.2) is 12.7 Å². The van der Waals surface area contributed by atoms with Gasteiger partial charge in [-0.05, 0) is 6.42 Å². The van der Waals surface area contributed by atoms with Gasteiger partial charge in [-0.15, -0.1) is 6.58 Å². The summed E-state index contributed by atoms with van der Waals surface area (Å²) >= 11 is 0. The number of nitrogens with one attached hydrogen (secondary N) is 1. The molecule has 7 heteroatoms. The van der Waals surface area contributed by atoms with Crippen molar-refractivity contribution < 1.29 is 16.8 Å². The van der Waals surface area contributed by atoms with Crippen molar-refractivity contribution in [3.63, 3.8) is 0 Å². The minimum absolute atomic E-state index is 0.0614. The molecule has 0 fully saturated rings. The van der Waals surface area contributed by atoms with Crippen molar-refractivity contribution in [1.29, 1.82) is 0 Å². The third kappa shape index (κ3) is 5.78. The lowest BCUT2D eigenvalue weighted by Gasteiger charge is -2.12. The molecule has 1 atom stereocenters. The maximum Gasteiger partial charge on any atom is 0.209 e. The molecule has 0 aliphatic heterocycles. The molecule has 0 radical (unpaired) electrons. The molecule has 0 aliphatic carbocycles. The van der Waals surface area contributed by atoms with E-state index in [2.05, 4.69) is 6.58 Å². The first kappa shape index (κ1) is 12.6. The van der Waals surface area contributed by atoms with Gasteiger partial charge in [0.2, 0.25) is 10.0 Å². The molecule has 0 saturated carbocycles. The van der Waals surface area contributed by atoms with Gasteiger partial charge in [-0.1, -0.05) is 6.08 Å². The molecule has 0 amide bonds. The van der Waals surface area contributed by atoms with Crippen LogP contribution in [-0.4, -0.2) is 34.7 Å². The third-order valence-electron chi connectivity index (χ3n) is 1.24. The van der Waals surface area contributed by atoms with Crippen LogP contribution in [-0.2, 0) is 19.9 Å². The molecule has 0 heterocycles. The van der Waals surface area contributed by atoms with Crippen LogP contribution in [0, 0.1) is 0 Å². The molecule has 0 saturated heterocycles. The van der Waals surface area contributed by atoms with Crippen LogP contribution >= 0.6 is 0 Å². The van der Waals surface area contributed by atoms with E-state index in [0.29, 0.717) is 0 Å². The topological polar surface area (TPSA) is 80.3 Å². The molecule has 13 heavy (non-hydrogen) atoms. The van der Waals surface area contributed by atoms with E-state index >= 15 is 0 Å². The van der Waals surface area contributed by atoms with Crippen LogP contribution in [0.1, 0.15) is 6.42 Å². The van der Waals surface area contributed by atoms with E-state index in [1.807, 2.05) is 4.72 Å². The Morgan fingerprint density at radius 1 is 1.31 bits per heavy atom. The van der Waals surface area contributed by atoms with E-state index in [1.54, 1.807) is 0 Å². The molecule has 78 valence electrons. The average molecular weight is 227 g/mol. The van der Waals surface area contributed by atoms with Crippen molar-refractivity contribution in [3.05, 3.63) is 12.7 Å². The molecule has 0 rings (SSSR count). The Hall–Kier alpha value is -0.400. The van der Waals surface area contributed by atoms with E-state index in [4.69, 9.17) is 0 Å². The van der Waals surface area contributed by atoms with Crippen molar-refractivity contribution in [2.24, 2.45) is 0 Å². The van der Waals surface area contributed by atoms with Crippen molar-refractivity contribution in [3.8, 4) is 0 Å². The average Bonchev–Trinajstić information content (AvgIpc) is 1.81. The van der Waals surface area contributed by atoms with E-state index in [1.165, 1.54) is 6.08 Å². The van der Waals surface area contributed by atoms with Gasteiger partial charge >= 0.3 is 0 Å². The zero-order valence-corrected chi connectivity index (χ0v) is 9.15. The SMILES string of the molecule is C=CCC(NS(C)(=O)=O)S(C)(=O)=O. The molecule has 0 aromatic rings. The van der Waals surface area contributed by atoms with Gasteiger partial charge < -0.3 is 0 Å². The summed E-state index contributed by atoms with van der Waals surface area (Å²) in [6, 6.07) is 0. The van der Waals surface area contributed by atoms with Gasteiger partial charge in [0.1, 0.15) is 5.37 Å². The molecule has 0 aromatic heterocycles. The standard InChI is InChI=1S/C6H13NO4S2/c1-4-5-6(12(2,8)9)7-13(3,10)11/h4,6-7H,1,5H2,2-3H3. The van der Waals surface area contributed by atoms with Gasteiger partial charge in [0.25, 0.3) is 0 Å². The normalized spacial score (nSPS) is 15.2. The molecule has 1 unspecified atom stereocenters. The van der Waals surface area contributed by atoms with E-state index < -0.39 is 25.2 Å². The van der Waals surface area contributed by atoms with Gasteiger partial charge in [0.05, 0.1) is 6.26 Å². The third-order valence-corrected chi connectivity index (χ3v) is 3.45. The Bertz CT molecular complexity index is 367. The number of sulfone groups is 1. The molecule has 0 spiro atoms. The summed E-state index contributed by atoms with van der Waals surface area (Å²) in [6.45, 7) is 3.34. The number of hydrogen-bond acceptors (Lipinski definition) is 4. The smallest absolute Gasteiger partial charge is 0.209 e. The van der Waals surface area contributed by atoms with Gasteiger partial charge in [0.15, 0.2) is 9.84 Å². The predicted octanol–water partition coefficient (Wildman–Crippen LogP) is -0.518. The molecule has 0 bridgehead atoms. The molecule has 0 aromatic carbocycles. The van der Waals surface area contributed by atoms with Gasteiger partial charge in [-0.3, -0.25) is 0 Å². The molecular weight excluding hydrogens is 214 g/mol. The fraction of sp³-hybridized carbons (Fsp3) is 0.667. The first-order valence-corrected chi connectivity index (χ1v) is 7.28. The van der Waals surface area contributed by atoms with Crippen molar-refractivity contribution in [1.82, 2.24) is 4.72 Å². The maximum atomic E-state index is 11.0. The lowest BCUT2D eigenvalue weighted by Crippen LogP contribution is -2.39. The molecule has 5 nitrogen and oxygen atoms in total. The van der Waals surface area contributed by atoms with Gasteiger partial charge in [-0.2, -0.15) is 4.72 Å². The highest BCUT2D eigenvalue weighted by Gasteiger charge is 2.22. The summed E-state index contributed by atoms with van der Waals surface area (Å²) in [5.74, 6) is 0. The predicted molar refractivity (Wildman–Crippen MR) is 51.4 cm³/mol. The Morgan fingerprint density at radius 2 is 1.77 bits per heavy atom. The molecular formula is C6H13NO4S2. The van der Waals surface area contributed by atoms with Crippen LogP contribution in [0.4, 0.5) is 0 Å². The number of rotatable bonds is 5. The van der Waals surface area contributed by atoms with Crippen LogP contribution < -0.4 is 4.72 Å². The van der Waals surface area contributed by atoms with Crippen molar-refractivity contribution >= 4 is 19.9 Å². The summed E-state index contributed by atoms with van der Waals surface area (Å²) in [5.41, 5.74) is 0. The van der Waals surface area contributed by atoms with Gasteiger partial charge in [0, 0.05) is 6.26 Å². The zero-order valence-electron chi connectivity index (χ0n) is 7.52. The van der Waals surface area contributed by atoms with Crippen LogP contribution in [0.5, 0.6) is 0 Å². The first-order chi connectivity index (χ1) is 5.67. The monoisotopic (exact) mass is 227 g/mol. The quantitative estimate of drug-likeness (QED) is 0.641. The van der Waals surface area contributed by atoms with E-state index in [-0.39, 0.29) is 6.42 Å². The highest BCUT2D eigenvalue weighted by molar-refractivity contribution is 7.93. The Balaban J connectivity index is 4.75. The van der Waals surface area contributed by atoms with E-state index in [0.717, 1.165) is 12.5 Å². The van der Waals surface area contributed by atoms with Crippen molar-refractivity contribution in [2.75, 3.05) is 12.5 Å². The summed E-state index contributed by atoms with van der Waals surface area (Å²) in [4.78, 5) is 0. The second kappa shape index (κ2) is 4.21. The zero-order chi connectivity index (χ0) is 10.7. The first-order valence-electron chi connectivity index (χ1n) is 3.44. The Morgan fingerprint density at radius 3 is 2.00 bits per heavy atom. The summed E-state index contributed by atoms with van der Waals surface area (Å²) in [5, 5.41) is -1.11. The second-order valence-corrected chi connectivity index (χ2v) is 6.74. The van der Waals surface area contributed by atoms with Crippen molar-refractivity contribution in [2.45, 2.75) is 11.8 Å². The van der Waals surface area contributed by atoms with E-state index in [9.17, 15) is 16.8 Å². The maximum absolute atomic E-state index is 11.0. The summed E-state index contributed by atoms with van der Waals surface area (Å²) in [7, 11) is -6.93. The summed E-state index contributed by atoms with van der Waals surface area (Å²) in [6.07, 6.45) is 3.30. The van der Waals surface area contributed by atoms with Crippen LogP contribution in [0.25, 0.3) is 0 Å².